The first-order valence-electron chi connectivity index (χ1n) is 7.17. The number of halogens is 1. The summed E-state index contributed by atoms with van der Waals surface area (Å²) in [4.78, 5) is 17.6. The lowest BCUT2D eigenvalue weighted by Gasteiger charge is -2.02. The van der Waals surface area contributed by atoms with E-state index < -0.39 is 0 Å². The summed E-state index contributed by atoms with van der Waals surface area (Å²) in [6, 6.07) is 15.7. The van der Waals surface area contributed by atoms with Crippen molar-refractivity contribution in [2.75, 3.05) is 5.32 Å². The maximum absolute atomic E-state index is 12.2. The number of aromatic nitrogens is 1. The van der Waals surface area contributed by atoms with Crippen LogP contribution in [0.25, 0.3) is 0 Å². The van der Waals surface area contributed by atoms with Crippen LogP contribution in [0.2, 0.25) is 0 Å². The van der Waals surface area contributed by atoms with Gasteiger partial charge in [-0.2, -0.15) is 0 Å². The first-order chi connectivity index (χ1) is 11.1. The lowest BCUT2D eigenvalue weighted by molar-refractivity contribution is 0.102. The predicted octanol–water partition coefficient (Wildman–Crippen LogP) is 5.06. The van der Waals surface area contributed by atoms with E-state index in [2.05, 4.69) is 57.4 Å². The largest absolute Gasteiger partial charge is 0.298 e. The van der Waals surface area contributed by atoms with Gasteiger partial charge in [0, 0.05) is 27.5 Å². The molecule has 0 atom stereocenters. The summed E-state index contributed by atoms with van der Waals surface area (Å²) in [6.45, 7) is 2.08. The van der Waals surface area contributed by atoms with E-state index >= 15 is 0 Å². The van der Waals surface area contributed by atoms with Crippen LogP contribution in [-0.4, -0.2) is 10.9 Å². The number of thiazole rings is 1. The Labute approximate surface area is 147 Å². The van der Waals surface area contributed by atoms with Crippen molar-refractivity contribution in [1.82, 2.24) is 4.98 Å². The van der Waals surface area contributed by atoms with E-state index in [-0.39, 0.29) is 5.91 Å². The first-order valence-corrected chi connectivity index (χ1v) is 8.78. The lowest BCUT2D eigenvalue weighted by atomic mass is 10.1. The Bertz CT molecular complexity index is 844. The standard InChI is InChI=1S/C18H15BrN2OS/c1-12-4-2-5-13(8-12)9-16-11-20-18(23-16)21-17(22)14-6-3-7-15(19)10-14/h2-8,10-11H,9H2,1H3,(H,20,21,22). The molecule has 5 heteroatoms. The maximum Gasteiger partial charge on any atom is 0.257 e. The van der Waals surface area contributed by atoms with Crippen LogP contribution in [0.4, 0.5) is 5.13 Å². The van der Waals surface area contributed by atoms with Crippen molar-refractivity contribution in [3.05, 3.63) is 80.8 Å². The van der Waals surface area contributed by atoms with Gasteiger partial charge in [0.1, 0.15) is 0 Å². The third-order valence-electron chi connectivity index (χ3n) is 3.32. The molecule has 0 fully saturated rings. The van der Waals surface area contributed by atoms with Crippen LogP contribution in [0.1, 0.15) is 26.4 Å². The highest BCUT2D eigenvalue weighted by molar-refractivity contribution is 9.10. The number of anilines is 1. The van der Waals surface area contributed by atoms with Crippen molar-refractivity contribution < 1.29 is 4.79 Å². The van der Waals surface area contributed by atoms with Crippen molar-refractivity contribution >= 4 is 38.3 Å². The van der Waals surface area contributed by atoms with Gasteiger partial charge >= 0.3 is 0 Å². The molecule has 0 aliphatic carbocycles. The molecule has 1 heterocycles. The van der Waals surface area contributed by atoms with Gasteiger partial charge in [-0.3, -0.25) is 10.1 Å². The number of hydrogen-bond acceptors (Lipinski definition) is 3. The number of carbonyl (C=O) groups is 1. The highest BCUT2D eigenvalue weighted by Gasteiger charge is 2.09. The monoisotopic (exact) mass is 386 g/mol. The second kappa shape index (κ2) is 7.06. The van der Waals surface area contributed by atoms with E-state index in [1.54, 1.807) is 12.1 Å². The molecule has 0 saturated heterocycles. The number of hydrogen-bond donors (Lipinski definition) is 1. The van der Waals surface area contributed by atoms with E-state index in [0.717, 1.165) is 15.8 Å². The molecular weight excluding hydrogens is 372 g/mol. The summed E-state index contributed by atoms with van der Waals surface area (Å²) in [5.41, 5.74) is 3.10. The Morgan fingerprint density at radius 3 is 2.83 bits per heavy atom. The molecule has 116 valence electrons. The van der Waals surface area contributed by atoms with Crippen LogP contribution >= 0.6 is 27.3 Å². The van der Waals surface area contributed by atoms with E-state index in [9.17, 15) is 4.79 Å². The summed E-state index contributed by atoms with van der Waals surface area (Å²) < 4.78 is 0.879. The van der Waals surface area contributed by atoms with Crippen molar-refractivity contribution in [3.8, 4) is 0 Å². The molecule has 2 aromatic carbocycles. The number of nitrogens with zero attached hydrogens (tertiary/aromatic N) is 1. The van der Waals surface area contributed by atoms with Gasteiger partial charge in [-0.1, -0.05) is 51.8 Å². The Morgan fingerprint density at radius 1 is 1.22 bits per heavy atom. The Kier molecular flexibility index (Phi) is 4.88. The summed E-state index contributed by atoms with van der Waals surface area (Å²) in [7, 11) is 0. The zero-order chi connectivity index (χ0) is 16.2. The fraction of sp³-hybridized carbons (Fsp3) is 0.111. The molecule has 0 spiro atoms. The Morgan fingerprint density at radius 2 is 2.04 bits per heavy atom. The molecule has 0 unspecified atom stereocenters. The van der Waals surface area contributed by atoms with Crippen LogP contribution in [-0.2, 0) is 6.42 Å². The Hall–Kier alpha value is -1.98. The third-order valence-corrected chi connectivity index (χ3v) is 4.73. The summed E-state index contributed by atoms with van der Waals surface area (Å²) >= 11 is 4.88. The van der Waals surface area contributed by atoms with Crippen LogP contribution < -0.4 is 5.32 Å². The quantitative estimate of drug-likeness (QED) is 0.680. The topological polar surface area (TPSA) is 42.0 Å². The van der Waals surface area contributed by atoms with Crippen LogP contribution in [0, 0.1) is 6.92 Å². The van der Waals surface area contributed by atoms with E-state index in [4.69, 9.17) is 0 Å². The number of benzene rings is 2. The van der Waals surface area contributed by atoms with Crippen molar-refractivity contribution in [2.45, 2.75) is 13.3 Å². The summed E-state index contributed by atoms with van der Waals surface area (Å²) in [5, 5.41) is 3.47. The average molecular weight is 387 g/mol. The van der Waals surface area contributed by atoms with Gasteiger partial charge < -0.3 is 0 Å². The van der Waals surface area contributed by atoms with Gasteiger partial charge in [-0.15, -0.1) is 11.3 Å². The number of aryl methyl sites for hydroxylation is 1. The third kappa shape index (κ3) is 4.27. The fourth-order valence-electron chi connectivity index (χ4n) is 2.27. The number of rotatable bonds is 4. The lowest BCUT2D eigenvalue weighted by Crippen LogP contribution is -2.11. The summed E-state index contributed by atoms with van der Waals surface area (Å²) in [5.74, 6) is -0.150. The van der Waals surface area contributed by atoms with Gasteiger partial charge in [0.2, 0.25) is 0 Å². The van der Waals surface area contributed by atoms with Crippen LogP contribution in [0.3, 0.4) is 0 Å². The highest BCUT2D eigenvalue weighted by Crippen LogP contribution is 2.22. The van der Waals surface area contributed by atoms with Gasteiger partial charge in [-0.25, -0.2) is 4.98 Å². The van der Waals surface area contributed by atoms with Crippen LogP contribution in [0.5, 0.6) is 0 Å². The fourth-order valence-corrected chi connectivity index (χ4v) is 3.51. The van der Waals surface area contributed by atoms with Crippen LogP contribution in [0.15, 0.2) is 59.2 Å². The SMILES string of the molecule is Cc1cccc(Cc2cnc(NC(=O)c3cccc(Br)c3)s2)c1. The van der Waals surface area contributed by atoms with Gasteiger partial charge in [-0.05, 0) is 30.7 Å². The van der Waals surface area contributed by atoms with Gasteiger partial charge in [0.15, 0.2) is 5.13 Å². The Balaban J connectivity index is 1.68. The molecule has 0 aliphatic rings. The molecule has 1 aromatic heterocycles. The van der Waals surface area contributed by atoms with Gasteiger partial charge in [0.25, 0.3) is 5.91 Å². The van der Waals surface area contributed by atoms with Crippen molar-refractivity contribution in [2.24, 2.45) is 0 Å². The molecule has 3 rings (SSSR count). The molecule has 1 amide bonds. The predicted molar refractivity (Wildman–Crippen MR) is 98.2 cm³/mol. The zero-order valence-electron chi connectivity index (χ0n) is 12.5. The molecule has 3 nitrogen and oxygen atoms in total. The molecule has 0 bridgehead atoms. The maximum atomic E-state index is 12.2. The molecule has 23 heavy (non-hydrogen) atoms. The zero-order valence-corrected chi connectivity index (χ0v) is 14.9. The van der Waals surface area contributed by atoms with Crippen molar-refractivity contribution in [1.29, 1.82) is 0 Å². The molecule has 0 saturated carbocycles. The van der Waals surface area contributed by atoms with E-state index in [0.29, 0.717) is 10.7 Å². The van der Waals surface area contributed by atoms with Crippen molar-refractivity contribution in [3.63, 3.8) is 0 Å². The second-order valence-electron chi connectivity index (χ2n) is 5.26. The molecule has 0 aliphatic heterocycles. The molecule has 1 N–H and O–H groups in total. The number of amides is 1. The number of nitrogens with one attached hydrogen (secondary N) is 1. The summed E-state index contributed by atoms with van der Waals surface area (Å²) in [6.07, 6.45) is 2.65. The highest BCUT2D eigenvalue weighted by atomic mass is 79.9. The van der Waals surface area contributed by atoms with E-state index in [1.165, 1.54) is 22.5 Å². The minimum absolute atomic E-state index is 0.150. The van der Waals surface area contributed by atoms with Gasteiger partial charge in [0.05, 0.1) is 0 Å². The molecule has 0 radical (unpaired) electrons. The molecular formula is C18H15BrN2OS. The van der Waals surface area contributed by atoms with E-state index in [1.807, 2.05) is 18.3 Å². The average Bonchev–Trinajstić information content (AvgIpc) is 2.94. The molecule has 3 aromatic rings. The number of carbonyl (C=O) groups excluding carboxylic acids is 1. The first kappa shape index (κ1) is 15.9. The smallest absolute Gasteiger partial charge is 0.257 e. The normalized spacial score (nSPS) is 10.5. The minimum atomic E-state index is -0.150. The minimum Gasteiger partial charge on any atom is -0.298 e. The second-order valence-corrected chi connectivity index (χ2v) is 7.29.